The summed E-state index contributed by atoms with van der Waals surface area (Å²) in [5, 5.41) is 3.63. The van der Waals surface area contributed by atoms with E-state index in [0.717, 1.165) is 12.2 Å². The van der Waals surface area contributed by atoms with Crippen molar-refractivity contribution in [1.29, 1.82) is 0 Å². The van der Waals surface area contributed by atoms with Gasteiger partial charge in [-0.3, -0.25) is 0 Å². The first-order valence-corrected chi connectivity index (χ1v) is 6.25. The van der Waals surface area contributed by atoms with E-state index in [-0.39, 0.29) is 0 Å². The minimum absolute atomic E-state index is 0.663. The summed E-state index contributed by atoms with van der Waals surface area (Å²) in [7, 11) is 1.71. The molecule has 1 fully saturated rings. The Kier molecular flexibility index (Phi) is 4.23. The molecule has 2 nitrogen and oxygen atoms in total. The summed E-state index contributed by atoms with van der Waals surface area (Å²) in [5.41, 5.74) is 1.40. The Morgan fingerprint density at radius 2 is 2.00 bits per heavy atom. The monoisotopic (exact) mass is 219 g/mol. The van der Waals surface area contributed by atoms with Gasteiger partial charge in [0.1, 0.15) is 5.75 Å². The number of ether oxygens (including phenoxy) is 1. The van der Waals surface area contributed by atoms with Crippen molar-refractivity contribution in [3.05, 3.63) is 29.8 Å². The molecule has 1 aliphatic heterocycles. The molecule has 1 atom stereocenters. The molecule has 2 rings (SSSR count). The average molecular weight is 219 g/mol. The fourth-order valence-electron chi connectivity index (χ4n) is 2.32. The van der Waals surface area contributed by atoms with Crippen LogP contribution in [0.25, 0.3) is 0 Å². The third-order valence-electron chi connectivity index (χ3n) is 3.30. The largest absolute Gasteiger partial charge is 0.497 e. The molecule has 0 spiro atoms. The SMILES string of the molecule is COc1ccc(CC2CCCCCN2)cc1. The van der Waals surface area contributed by atoms with Gasteiger partial charge in [0.2, 0.25) is 0 Å². The lowest BCUT2D eigenvalue weighted by Gasteiger charge is -2.15. The van der Waals surface area contributed by atoms with Gasteiger partial charge in [0.15, 0.2) is 0 Å². The molecule has 0 bridgehead atoms. The number of benzene rings is 1. The number of rotatable bonds is 3. The summed E-state index contributed by atoms with van der Waals surface area (Å²) in [6.45, 7) is 1.18. The second kappa shape index (κ2) is 5.90. The quantitative estimate of drug-likeness (QED) is 0.844. The second-order valence-corrected chi connectivity index (χ2v) is 4.55. The lowest BCUT2D eigenvalue weighted by molar-refractivity contribution is 0.414. The van der Waals surface area contributed by atoms with Crippen molar-refractivity contribution in [2.24, 2.45) is 0 Å². The van der Waals surface area contributed by atoms with Crippen LogP contribution in [0.1, 0.15) is 31.2 Å². The van der Waals surface area contributed by atoms with Crippen LogP contribution >= 0.6 is 0 Å². The Balaban J connectivity index is 1.91. The summed E-state index contributed by atoms with van der Waals surface area (Å²) in [6, 6.07) is 9.10. The maximum atomic E-state index is 5.16. The molecular weight excluding hydrogens is 198 g/mol. The Bertz CT molecular complexity index is 299. The van der Waals surface area contributed by atoms with E-state index in [1.165, 1.54) is 37.8 Å². The predicted molar refractivity (Wildman–Crippen MR) is 67.0 cm³/mol. The van der Waals surface area contributed by atoms with Gasteiger partial charge in [0.05, 0.1) is 7.11 Å². The van der Waals surface area contributed by atoms with Gasteiger partial charge in [0, 0.05) is 6.04 Å². The number of nitrogens with one attached hydrogen (secondary N) is 1. The van der Waals surface area contributed by atoms with E-state index in [4.69, 9.17) is 4.74 Å². The van der Waals surface area contributed by atoms with Gasteiger partial charge in [-0.05, 0) is 43.5 Å². The Morgan fingerprint density at radius 1 is 1.19 bits per heavy atom. The maximum Gasteiger partial charge on any atom is 0.118 e. The third-order valence-corrected chi connectivity index (χ3v) is 3.30. The highest BCUT2D eigenvalue weighted by molar-refractivity contribution is 5.27. The molecule has 1 saturated heterocycles. The fraction of sp³-hybridized carbons (Fsp3) is 0.571. The van der Waals surface area contributed by atoms with Crippen LogP contribution in [0, 0.1) is 0 Å². The van der Waals surface area contributed by atoms with Crippen molar-refractivity contribution in [2.45, 2.75) is 38.1 Å². The molecule has 1 heterocycles. The number of methoxy groups -OCH3 is 1. The van der Waals surface area contributed by atoms with Crippen molar-refractivity contribution in [3.8, 4) is 5.75 Å². The fourth-order valence-corrected chi connectivity index (χ4v) is 2.32. The molecule has 2 heteroatoms. The molecule has 1 N–H and O–H groups in total. The van der Waals surface area contributed by atoms with Crippen molar-refractivity contribution in [3.63, 3.8) is 0 Å². The van der Waals surface area contributed by atoms with Crippen molar-refractivity contribution >= 4 is 0 Å². The molecule has 0 amide bonds. The molecule has 0 aromatic heterocycles. The van der Waals surface area contributed by atoms with Gasteiger partial charge >= 0.3 is 0 Å². The van der Waals surface area contributed by atoms with Gasteiger partial charge < -0.3 is 10.1 Å². The minimum Gasteiger partial charge on any atom is -0.497 e. The van der Waals surface area contributed by atoms with Crippen LogP contribution in [-0.4, -0.2) is 19.7 Å². The van der Waals surface area contributed by atoms with Crippen LogP contribution < -0.4 is 10.1 Å². The van der Waals surface area contributed by atoms with E-state index in [9.17, 15) is 0 Å². The smallest absolute Gasteiger partial charge is 0.118 e. The van der Waals surface area contributed by atoms with Crippen LogP contribution in [0.2, 0.25) is 0 Å². The zero-order valence-electron chi connectivity index (χ0n) is 10.0. The molecule has 0 aliphatic carbocycles. The first-order chi connectivity index (χ1) is 7.88. The highest BCUT2D eigenvalue weighted by Gasteiger charge is 2.11. The van der Waals surface area contributed by atoms with Gasteiger partial charge in [-0.25, -0.2) is 0 Å². The topological polar surface area (TPSA) is 21.3 Å². The lowest BCUT2D eigenvalue weighted by atomic mass is 10.0. The Hall–Kier alpha value is -1.02. The highest BCUT2D eigenvalue weighted by atomic mass is 16.5. The van der Waals surface area contributed by atoms with Crippen LogP contribution in [0.3, 0.4) is 0 Å². The first-order valence-electron chi connectivity index (χ1n) is 6.25. The van der Waals surface area contributed by atoms with E-state index >= 15 is 0 Å². The minimum atomic E-state index is 0.663. The number of hydrogen-bond acceptors (Lipinski definition) is 2. The first kappa shape index (κ1) is 11.5. The van der Waals surface area contributed by atoms with Crippen molar-refractivity contribution in [1.82, 2.24) is 5.32 Å². The highest BCUT2D eigenvalue weighted by Crippen LogP contribution is 2.16. The van der Waals surface area contributed by atoms with Gasteiger partial charge in [-0.2, -0.15) is 0 Å². The summed E-state index contributed by atoms with van der Waals surface area (Å²) in [5.74, 6) is 0.942. The third kappa shape index (κ3) is 3.24. The molecule has 1 unspecified atom stereocenters. The van der Waals surface area contributed by atoms with E-state index in [0.29, 0.717) is 6.04 Å². The molecule has 1 aromatic rings. The summed E-state index contributed by atoms with van der Waals surface area (Å²) < 4.78 is 5.16. The summed E-state index contributed by atoms with van der Waals surface area (Å²) >= 11 is 0. The van der Waals surface area contributed by atoms with Crippen LogP contribution in [0.15, 0.2) is 24.3 Å². The standard InChI is InChI=1S/C14H21NO/c1-16-14-8-6-12(7-9-14)11-13-5-3-2-4-10-15-13/h6-9,13,15H,2-5,10-11H2,1H3. The predicted octanol–water partition coefficient (Wildman–Crippen LogP) is 2.77. The van der Waals surface area contributed by atoms with Crippen LogP contribution in [0.4, 0.5) is 0 Å². The Labute approximate surface area is 98.0 Å². The maximum absolute atomic E-state index is 5.16. The molecule has 16 heavy (non-hydrogen) atoms. The van der Waals surface area contributed by atoms with E-state index in [2.05, 4.69) is 17.4 Å². The van der Waals surface area contributed by atoms with Crippen molar-refractivity contribution in [2.75, 3.05) is 13.7 Å². The van der Waals surface area contributed by atoms with Gasteiger partial charge in [0.25, 0.3) is 0 Å². The lowest BCUT2D eigenvalue weighted by Crippen LogP contribution is -2.30. The molecule has 1 aromatic carbocycles. The van der Waals surface area contributed by atoms with Crippen LogP contribution in [-0.2, 0) is 6.42 Å². The van der Waals surface area contributed by atoms with Gasteiger partial charge in [-0.15, -0.1) is 0 Å². The van der Waals surface area contributed by atoms with E-state index in [1.807, 2.05) is 12.1 Å². The van der Waals surface area contributed by atoms with E-state index < -0.39 is 0 Å². The zero-order valence-corrected chi connectivity index (χ0v) is 10.0. The molecule has 0 radical (unpaired) electrons. The Morgan fingerprint density at radius 3 is 2.75 bits per heavy atom. The zero-order chi connectivity index (χ0) is 11.2. The van der Waals surface area contributed by atoms with E-state index in [1.54, 1.807) is 7.11 Å². The van der Waals surface area contributed by atoms with Gasteiger partial charge in [-0.1, -0.05) is 25.0 Å². The molecule has 88 valence electrons. The van der Waals surface area contributed by atoms with Crippen molar-refractivity contribution < 1.29 is 4.74 Å². The molecule has 1 aliphatic rings. The number of hydrogen-bond donors (Lipinski definition) is 1. The normalized spacial score (nSPS) is 21.4. The summed E-state index contributed by atoms with van der Waals surface area (Å²) in [6.07, 6.45) is 6.54. The summed E-state index contributed by atoms with van der Waals surface area (Å²) in [4.78, 5) is 0. The van der Waals surface area contributed by atoms with Crippen LogP contribution in [0.5, 0.6) is 5.75 Å². The average Bonchev–Trinajstić information content (AvgIpc) is 2.59. The second-order valence-electron chi connectivity index (χ2n) is 4.55. The molecular formula is C14H21NO. The molecule has 0 saturated carbocycles.